The zero-order chi connectivity index (χ0) is 19.0. The van der Waals surface area contributed by atoms with Crippen LogP contribution in [0.5, 0.6) is 0 Å². The third-order valence-corrected chi connectivity index (χ3v) is 4.79. The second kappa shape index (κ2) is 7.19. The summed E-state index contributed by atoms with van der Waals surface area (Å²) in [6.07, 6.45) is 4.82. The van der Waals surface area contributed by atoms with Crippen LogP contribution in [-0.2, 0) is 6.54 Å². The van der Waals surface area contributed by atoms with Crippen LogP contribution in [0.4, 0.5) is 5.69 Å². The van der Waals surface area contributed by atoms with E-state index in [0.29, 0.717) is 28.0 Å². The highest BCUT2D eigenvalue weighted by Gasteiger charge is 2.13. The van der Waals surface area contributed by atoms with Crippen LogP contribution in [0.2, 0.25) is 15.1 Å². The van der Waals surface area contributed by atoms with Crippen LogP contribution in [-0.4, -0.2) is 24.4 Å². The second-order valence-electron chi connectivity index (χ2n) is 5.58. The van der Waals surface area contributed by atoms with Gasteiger partial charge in [-0.25, -0.2) is 9.50 Å². The molecule has 0 spiro atoms. The summed E-state index contributed by atoms with van der Waals surface area (Å²) in [7, 11) is 0. The fourth-order valence-corrected chi connectivity index (χ4v) is 3.27. The molecule has 136 valence electrons. The van der Waals surface area contributed by atoms with Crippen LogP contribution in [0.3, 0.4) is 0 Å². The van der Waals surface area contributed by atoms with Crippen LogP contribution in [0, 0.1) is 0 Å². The first-order chi connectivity index (χ1) is 13.0. The first-order valence-electron chi connectivity index (χ1n) is 7.79. The number of rotatable bonds is 4. The molecular weight excluding hydrogens is 411 g/mol. The highest BCUT2D eigenvalue weighted by molar-refractivity contribution is 6.36. The molecule has 4 rings (SSSR count). The van der Waals surface area contributed by atoms with Gasteiger partial charge in [0.15, 0.2) is 5.65 Å². The number of aromatic nitrogens is 5. The zero-order valence-corrected chi connectivity index (χ0v) is 15.9. The third kappa shape index (κ3) is 3.37. The molecule has 0 saturated carbocycles. The van der Waals surface area contributed by atoms with E-state index in [1.54, 1.807) is 35.1 Å². The highest BCUT2D eigenvalue weighted by Crippen LogP contribution is 2.24. The van der Waals surface area contributed by atoms with E-state index < -0.39 is 5.56 Å². The highest BCUT2D eigenvalue weighted by atomic mass is 35.5. The second-order valence-corrected chi connectivity index (χ2v) is 6.80. The van der Waals surface area contributed by atoms with E-state index in [1.807, 2.05) is 6.07 Å². The molecule has 3 heterocycles. The molecule has 0 saturated heterocycles. The molecule has 10 heteroatoms. The Morgan fingerprint density at radius 1 is 1.04 bits per heavy atom. The summed E-state index contributed by atoms with van der Waals surface area (Å²) in [5, 5.41) is 12.2. The Balaban J connectivity index is 1.64. The van der Waals surface area contributed by atoms with E-state index in [-0.39, 0.29) is 5.02 Å². The standard InChI is InChI=1S/C17H11Cl3N6O/c18-10-1-2-14(12(19)7-10)26-17(27)16(20)13(9-24-26)22-8-11-3-5-21-15-4-6-23-25(11)15/h1-7,9,22H,8H2. The minimum Gasteiger partial charge on any atom is -0.377 e. The van der Waals surface area contributed by atoms with Crippen molar-refractivity contribution in [1.82, 2.24) is 24.4 Å². The summed E-state index contributed by atoms with van der Waals surface area (Å²) in [4.78, 5) is 16.8. The van der Waals surface area contributed by atoms with E-state index in [4.69, 9.17) is 34.8 Å². The molecule has 0 bridgehead atoms. The normalized spacial score (nSPS) is 11.1. The number of fused-ring (bicyclic) bond motifs is 1. The minimum atomic E-state index is -0.496. The van der Waals surface area contributed by atoms with Gasteiger partial charge in [-0.3, -0.25) is 4.79 Å². The Morgan fingerprint density at radius 3 is 2.70 bits per heavy atom. The van der Waals surface area contributed by atoms with Gasteiger partial charge < -0.3 is 5.32 Å². The van der Waals surface area contributed by atoms with Crippen LogP contribution in [0.1, 0.15) is 5.69 Å². The van der Waals surface area contributed by atoms with E-state index in [9.17, 15) is 4.79 Å². The number of hydrogen-bond donors (Lipinski definition) is 1. The fourth-order valence-electron chi connectivity index (χ4n) is 2.59. The van der Waals surface area contributed by atoms with Crippen LogP contribution >= 0.6 is 34.8 Å². The van der Waals surface area contributed by atoms with Crippen LogP contribution in [0.25, 0.3) is 11.3 Å². The van der Waals surface area contributed by atoms with Crippen LogP contribution in [0.15, 0.2) is 53.7 Å². The Kier molecular flexibility index (Phi) is 4.73. The van der Waals surface area contributed by atoms with E-state index in [2.05, 4.69) is 20.5 Å². The predicted molar refractivity (Wildman–Crippen MR) is 105 cm³/mol. The van der Waals surface area contributed by atoms with Crippen molar-refractivity contribution >= 4 is 46.1 Å². The van der Waals surface area contributed by atoms with Crippen molar-refractivity contribution in [2.24, 2.45) is 0 Å². The molecule has 0 fully saturated rings. The van der Waals surface area contributed by atoms with Gasteiger partial charge in [0, 0.05) is 17.3 Å². The molecule has 0 aliphatic carbocycles. The maximum Gasteiger partial charge on any atom is 0.292 e. The smallest absolute Gasteiger partial charge is 0.292 e. The van der Waals surface area contributed by atoms with Gasteiger partial charge in [-0.05, 0) is 24.3 Å². The number of benzene rings is 1. The molecule has 0 aliphatic heterocycles. The summed E-state index contributed by atoms with van der Waals surface area (Å²) in [5.41, 5.74) is 1.88. The lowest BCUT2D eigenvalue weighted by Crippen LogP contribution is -2.23. The minimum absolute atomic E-state index is 0.00165. The molecule has 0 atom stereocenters. The van der Waals surface area contributed by atoms with Crippen molar-refractivity contribution in [3.05, 3.63) is 80.0 Å². The van der Waals surface area contributed by atoms with Gasteiger partial charge in [-0.2, -0.15) is 14.9 Å². The van der Waals surface area contributed by atoms with Crippen molar-refractivity contribution in [3.63, 3.8) is 0 Å². The molecule has 27 heavy (non-hydrogen) atoms. The van der Waals surface area contributed by atoms with Crippen molar-refractivity contribution in [1.29, 1.82) is 0 Å². The zero-order valence-electron chi connectivity index (χ0n) is 13.6. The number of nitrogens with zero attached hydrogens (tertiary/aromatic N) is 5. The molecule has 0 unspecified atom stereocenters. The van der Waals surface area contributed by atoms with Crippen molar-refractivity contribution in [2.45, 2.75) is 6.54 Å². The molecule has 1 aromatic carbocycles. The maximum atomic E-state index is 12.6. The van der Waals surface area contributed by atoms with Gasteiger partial charge in [0.2, 0.25) is 0 Å². The van der Waals surface area contributed by atoms with E-state index in [1.165, 1.54) is 12.3 Å². The number of nitrogens with one attached hydrogen (secondary N) is 1. The van der Waals surface area contributed by atoms with Crippen LogP contribution < -0.4 is 10.9 Å². The maximum absolute atomic E-state index is 12.6. The van der Waals surface area contributed by atoms with Gasteiger partial charge in [0.1, 0.15) is 5.02 Å². The number of hydrogen-bond acceptors (Lipinski definition) is 5. The van der Waals surface area contributed by atoms with E-state index >= 15 is 0 Å². The average Bonchev–Trinajstić information content (AvgIpc) is 3.13. The van der Waals surface area contributed by atoms with Crippen molar-refractivity contribution in [2.75, 3.05) is 5.32 Å². The quantitative estimate of drug-likeness (QED) is 0.541. The first-order valence-corrected chi connectivity index (χ1v) is 8.93. The molecular formula is C17H11Cl3N6O. The average molecular weight is 422 g/mol. The Labute approximate surface area is 168 Å². The lowest BCUT2D eigenvalue weighted by molar-refractivity contribution is 0.804. The van der Waals surface area contributed by atoms with Crippen molar-refractivity contribution < 1.29 is 0 Å². The lowest BCUT2D eigenvalue weighted by Gasteiger charge is -2.12. The summed E-state index contributed by atoms with van der Waals surface area (Å²) < 4.78 is 2.83. The van der Waals surface area contributed by atoms with Gasteiger partial charge in [-0.1, -0.05) is 34.8 Å². The molecule has 1 N–H and O–H groups in total. The van der Waals surface area contributed by atoms with Gasteiger partial charge >= 0.3 is 0 Å². The van der Waals surface area contributed by atoms with Gasteiger partial charge in [0.05, 0.1) is 41.0 Å². The molecule has 0 radical (unpaired) electrons. The van der Waals surface area contributed by atoms with Gasteiger partial charge in [0.25, 0.3) is 5.56 Å². The topological polar surface area (TPSA) is 77.1 Å². The SMILES string of the molecule is O=c1c(Cl)c(NCc2ccnc3ccnn23)cnn1-c1ccc(Cl)cc1Cl. The summed E-state index contributed by atoms with van der Waals surface area (Å²) >= 11 is 18.3. The van der Waals surface area contributed by atoms with E-state index in [0.717, 1.165) is 16.0 Å². The fraction of sp³-hybridized carbons (Fsp3) is 0.0588. The Morgan fingerprint density at radius 2 is 1.89 bits per heavy atom. The largest absolute Gasteiger partial charge is 0.377 e. The summed E-state index contributed by atoms with van der Waals surface area (Å²) in [6.45, 7) is 0.382. The molecule has 0 amide bonds. The lowest BCUT2D eigenvalue weighted by atomic mass is 10.3. The predicted octanol–water partition coefficient (Wildman–Crippen LogP) is 3.85. The molecule has 7 nitrogen and oxygen atoms in total. The number of anilines is 1. The third-order valence-electron chi connectivity index (χ3n) is 3.89. The molecule has 3 aromatic heterocycles. The Bertz CT molecular complexity index is 1200. The van der Waals surface area contributed by atoms with Gasteiger partial charge in [-0.15, -0.1) is 0 Å². The molecule has 0 aliphatic rings. The Hall–Kier alpha value is -2.61. The first kappa shape index (κ1) is 17.8. The van der Waals surface area contributed by atoms with Crippen molar-refractivity contribution in [3.8, 4) is 5.69 Å². The molecule has 4 aromatic rings. The summed E-state index contributed by atoms with van der Waals surface area (Å²) in [6, 6.07) is 8.38. The number of halogens is 3. The summed E-state index contributed by atoms with van der Waals surface area (Å²) in [5.74, 6) is 0. The monoisotopic (exact) mass is 420 g/mol.